The zero-order chi connectivity index (χ0) is 19.6. The van der Waals surface area contributed by atoms with Crippen molar-refractivity contribution >= 4 is 22.5 Å². The van der Waals surface area contributed by atoms with E-state index in [1.807, 2.05) is 34.6 Å². The Hall–Kier alpha value is -1.60. The fourth-order valence-electron chi connectivity index (χ4n) is 3.09. The number of rotatable bonds is 6. The molecule has 0 aromatic heterocycles. The van der Waals surface area contributed by atoms with E-state index in [0.29, 0.717) is 17.5 Å². The van der Waals surface area contributed by atoms with Gasteiger partial charge in [0, 0.05) is 12.6 Å². The third-order valence-electron chi connectivity index (χ3n) is 5.14. The highest BCUT2D eigenvalue weighted by atomic mass is 35.5. The van der Waals surface area contributed by atoms with Gasteiger partial charge in [0.25, 0.3) is 0 Å². The van der Waals surface area contributed by atoms with Gasteiger partial charge in [0.15, 0.2) is 0 Å². The lowest BCUT2D eigenvalue weighted by atomic mass is 9.95. The second-order valence-electron chi connectivity index (χ2n) is 6.68. The van der Waals surface area contributed by atoms with E-state index in [0.717, 1.165) is 22.3 Å². The molecule has 5 nitrogen and oxygen atoms in total. The van der Waals surface area contributed by atoms with Crippen LogP contribution in [0.3, 0.4) is 0 Å². The highest BCUT2D eigenvalue weighted by Crippen LogP contribution is 2.31. The lowest BCUT2D eigenvalue weighted by Gasteiger charge is -2.19. The number of benzene rings is 2. The van der Waals surface area contributed by atoms with Crippen LogP contribution in [0.15, 0.2) is 29.2 Å². The molecule has 0 aliphatic carbocycles. The third kappa shape index (κ3) is 4.82. The number of aliphatic hydroxyl groups excluding tert-OH is 1. The zero-order valence-electron chi connectivity index (χ0n) is 16.4. The van der Waals surface area contributed by atoms with Crippen LogP contribution in [0.1, 0.15) is 45.8 Å². The van der Waals surface area contributed by atoms with E-state index >= 15 is 0 Å². The largest absolute Gasteiger partial charge is 0.396 e. The Morgan fingerprint density at radius 3 is 1.81 bits per heavy atom. The molecule has 0 heterocycles. The Bertz CT molecular complexity index is 880. The molecule has 0 radical (unpaired) electrons. The first-order valence-corrected chi connectivity index (χ1v) is 9.98. The van der Waals surface area contributed by atoms with Gasteiger partial charge in [-0.05, 0) is 86.6 Å². The predicted molar refractivity (Wildman–Crippen MR) is 110 cm³/mol. The Balaban J connectivity index is 0.00000364. The van der Waals surface area contributed by atoms with Crippen molar-refractivity contribution in [1.82, 2.24) is 0 Å². The van der Waals surface area contributed by atoms with E-state index in [4.69, 9.17) is 15.0 Å². The summed E-state index contributed by atoms with van der Waals surface area (Å²) in [5.41, 5.74) is 11.2. The van der Waals surface area contributed by atoms with Crippen molar-refractivity contribution in [2.75, 3.05) is 6.61 Å². The van der Waals surface area contributed by atoms with Crippen molar-refractivity contribution in [3.63, 3.8) is 0 Å². The Kier molecular flexibility index (Phi) is 7.87. The SMILES string of the molecule is Cc1c(C)c(C)c(S(=O)(=O)Oc2ccc(C(N)CCO)cc2)c(C)c1C.Cl. The van der Waals surface area contributed by atoms with Crippen LogP contribution in [0.2, 0.25) is 0 Å². The number of hydrogen-bond acceptors (Lipinski definition) is 5. The van der Waals surface area contributed by atoms with Crippen LogP contribution >= 0.6 is 12.4 Å². The molecular weight excluding hydrogens is 386 g/mol. The van der Waals surface area contributed by atoms with E-state index in [-0.39, 0.29) is 35.7 Å². The zero-order valence-corrected chi connectivity index (χ0v) is 18.0. The molecule has 0 saturated carbocycles. The Labute approximate surface area is 168 Å². The molecule has 7 heteroatoms. The molecular formula is C20H28ClNO4S. The normalized spacial score (nSPS) is 12.4. The van der Waals surface area contributed by atoms with Gasteiger partial charge < -0.3 is 15.0 Å². The monoisotopic (exact) mass is 413 g/mol. The summed E-state index contributed by atoms with van der Waals surface area (Å²) >= 11 is 0. The van der Waals surface area contributed by atoms with Gasteiger partial charge in [-0.3, -0.25) is 0 Å². The maximum Gasteiger partial charge on any atom is 0.339 e. The van der Waals surface area contributed by atoms with E-state index in [2.05, 4.69) is 0 Å². The molecule has 1 atom stereocenters. The highest BCUT2D eigenvalue weighted by molar-refractivity contribution is 7.87. The molecule has 0 saturated heterocycles. The predicted octanol–water partition coefficient (Wildman–Crippen LogP) is 3.80. The summed E-state index contributed by atoms with van der Waals surface area (Å²) in [7, 11) is -3.95. The van der Waals surface area contributed by atoms with Crippen LogP contribution in [0.5, 0.6) is 5.75 Å². The van der Waals surface area contributed by atoms with Crippen molar-refractivity contribution < 1.29 is 17.7 Å². The van der Waals surface area contributed by atoms with Crippen LogP contribution in [-0.2, 0) is 10.1 Å². The smallest absolute Gasteiger partial charge is 0.339 e. The first-order chi connectivity index (χ1) is 12.1. The first-order valence-electron chi connectivity index (χ1n) is 8.58. The topological polar surface area (TPSA) is 89.6 Å². The van der Waals surface area contributed by atoms with Crippen molar-refractivity contribution in [3.05, 3.63) is 57.6 Å². The average Bonchev–Trinajstić information content (AvgIpc) is 2.58. The molecule has 150 valence electrons. The molecule has 0 fully saturated rings. The van der Waals surface area contributed by atoms with Crippen LogP contribution in [0.4, 0.5) is 0 Å². The molecule has 0 aliphatic heterocycles. The van der Waals surface area contributed by atoms with E-state index in [1.165, 1.54) is 0 Å². The molecule has 1 unspecified atom stereocenters. The summed E-state index contributed by atoms with van der Waals surface area (Å²) in [5.74, 6) is 0.236. The van der Waals surface area contributed by atoms with E-state index in [9.17, 15) is 8.42 Å². The van der Waals surface area contributed by atoms with Gasteiger partial charge in [-0.15, -0.1) is 12.4 Å². The minimum Gasteiger partial charge on any atom is -0.396 e. The molecule has 2 aromatic carbocycles. The first kappa shape index (κ1) is 23.4. The number of nitrogens with two attached hydrogens (primary N) is 1. The minimum absolute atomic E-state index is 0. The lowest BCUT2D eigenvalue weighted by Crippen LogP contribution is -2.16. The second kappa shape index (κ2) is 9.06. The summed E-state index contributed by atoms with van der Waals surface area (Å²) < 4.78 is 31.2. The lowest BCUT2D eigenvalue weighted by molar-refractivity contribution is 0.276. The second-order valence-corrected chi connectivity index (χ2v) is 8.16. The van der Waals surface area contributed by atoms with Gasteiger partial charge in [0.1, 0.15) is 10.6 Å². The fourth-order valence-corrected chi connectivity index (χ4v) is 4.59. The summed E-state index contributed by atoms with van der Waals surface area (Å²) in [6, 6.07) is 6.32. The fraction of sp³-hybridized carbons (Fsp3) is 0.400. The van der Waals surface area contributed by atoms with Crippen molar-refractivity contribution in [3.8, 4) is 5.75 Å². The van der Waals surface area contributed by atoms with Crippen LogP contribution in [-0.4, -0.2) is 20.1 Å². The Morgan fingerprint density at radius 2 is 1.37 bits per heavy atom. The van der Waals surface area contributed by atoms with Crippen molar-refractivity contribution in [1.29, 1.82) is 0 Å². The van der Waals surface area contributed by atoms with Gasteiger partial charge in [-0.2, -0.15) is 8.42 Å². The minimum atomic E-state index is -3.95. The molecule has 2 rings (SSSR count). The maximum absolute atomic E-state index is 12.9. The molecule has 0 spiro atoms. The summed E-state index contributed by atoms with van der Waals surface area (Å²) in [5, 5.41) is 8.96. The average molecular weight is 414 g/mol. The van der Waals surface area contributed by atoms with Gasteiger partial charge in [-0.1, -0.05) is 12.1 Å². The Morgan fingerprint density at radius 1 is 0.926 bits per heavy atom. The third-order valence-corrected chi connectivity index (χ3v) is 6.66. The summed E-state index contributed by atoms with van der Waals surface area (Å²) in [6.07, 6.45) is 0.443. The molecule has 0 aliphatic rings. The molecule has 27 heavy (non-hydrogen) atoms. The maximum atomic E-state index is 12.9. The number of hydrogen-bond donors (Lipinski definition) is 2. The summed E-state index contributed by atoms with van der Waals surface area (Å²) in [4.78, 5) is 0.235. The molecule has 0 bridgehead atoms. The van der Waals surface area contributed by atoms with Gasteiger partial charge in [-0.25, -0.2) is 0 Å². The molecule has 2 aromatic rings. The van der Waals surface area contributed by atoms with Gasteiger partial charge >= 0.3 is 10.1 Å². The number of halogens is 1. The van der Waals surface area contributed by atoms with Gasteiger partial charge in [0.05, 0.1) is 0 Å². The van der Waals surface area contributed by atoms with Crippen LogP contribution < -0.4 is 9.92 Å². The highest BCUT2D eigenvalue weighted by Gasteiger charge is 2.25. The van der Waals surface area contributed by atoms with Crippen LogP contribution in [0.25, 0.3) is 0 Å². The van der Waals surface area contributed by atoms with Crippen molar-refractivity contribution in [2.45, 2.75) is 52.0 Å². The van der Waals surface area contributed by atoms with Gasteiger partial charge in [0.2, 0.25) is 0 Å². The van der Waals surface area contributed by atoms with Crippen molar-refractivity contribution in [2.24, 2.45) is 5.73 Å². The quantitative estimate of drug-likeness (QED) is 0.703. The summed E-state index contributed by atoms with van der Waals surface area (Å²) in [6.45, 7) is 9.46. The molecule has 3 N–H and O–H groups in total. The van der Waals surface area contributed by atoms with E-state index in [1.54, 1.807) is 24.3 Å². The standard InChI is InChI=1S/C20H27NO4S.ClH/c1-12-13(2)15(4)20(16(5)14(12)3)26(23,24)25-18-8-6-17(7-9-18)19(21)10-11-22;/h6-9,19,22H,10-11,21H2,1-5H3;1H. The number of aliphatic hydroxyl groups is 1. The molecule has 0 amide bonds. The van der Waals surface area contributed by atoms with E-state index < -0.39 is 10.1 Å². The van der Waals surface area contributed by atoms with Crippen LogP contribution in [0, 0.1) is 34.6 Å².